The molecule has 0 unspecified atom stereocenters. The van der Waals surface area contributed by atoms with Gasteiger partial charge in [0, 0.05) is 44.0 Å². The van der Waals surface area contributed by atoms with Crippen molar-refractivity contribution in [3.8, 4) is 0 Å². The van der Waals surface area contributed by atoms with E-state index in [9.17, 15) is 4.79 Å². The summed E-state index contributed by atoms with van der Waals surface area (Å²) in [4.78, 5) is 27.5. The molecule has 0 spiro atoms. The molecule has 2 fully saturated rings. The Bertz CT molecular complexity index is 747. The first-order chi connectivity index (χ1) is 11.8. The van der Waals surface area contributed by atoms with Crippen molar-refractivity contribution in [2.45, 2.75) is 44.6 Å². The van der Waals surface area contributed by atoms with Crippen LogP contribution in [0.15, 0.2) is 35.6 Å². The zero-order chi connectivity index (χ0) is 16.4. The van der Waals surface area contributed by atoms with Gasteiger partial charge in [0.25, 0.3) is 5.56 Å². The third-order valence-electron chi connectivity index (χ3n) is 5.32. The van der Waals surface area contributed by atoms with Gasteiger partial charge in [0.15, 0.2) is 0 Å². The van der Waals surface area contributed by atoms with Gasteiger partial charge in [-0.3, -0.25) is 9.36 Å². The summed E-state index contributed by atoms with van der Waals surface area (Å²) in [6, 6.07) is 3.55. The van der Waals surface area contributed by atoms with Crippen molar-refractivity contribution in [1.29, 1.82) is 0 Å². The SMILES string of the molecule is O=c1ccncn1CC1CCN(c2ccnc(C3CCC3)n2)CC1. The second-order valence-corrected chi connectivity index (χ2v) is 6.90. The fourth-order valence-corrected chi connectivity index (χ4v) is 3.54. The summed E-state index contributed by atoms with van der Waals surface area (Å²) in [5.74, 6) is 3.17. The molecule has 0 bridgehead atoms. The minimum atomic E-state index is 0.0355. The molecule has 1 saturated heterocycles. The van der Waals surface area contributed by atoms with Crippen LogP contribution in [0.1, 0.15) is 43.8 Å². The van der Waals surface area contributed by atoms with Gasteiger partial charge < -0.3 is 4.90 Å². The van der Waals surface area contributed by atoms with Crippen molar-refractivity contribution < 1.29 is 0 Å². The highest BCUT2D eigenvalue weighted by Crippen LogP contribution is 2.35. The van der Waals surface area contributed by atoms with E-state index in [1.807, 2.05) is 12.3 Å². The van der Waals surface area contributed by atoms with Gasteiger partial charge in [0.05, 0.1) is 6.33 Å². The first kappa shape index (κ1) is 15.3. The molecule has 6 nitrogen and oxygen atoms in total. The van der Waals surface area contributed by atoms with Crippen LogP contribution >= 0.6 is 0 Å². The van der Waals surface area contributed by atoms with Gasteiger partial charge in [-0.25, -0.2) is 15.0 Å². The van der Waals surface area contributed by atoms with Crippen molar-refractivity contribution in [3.63, 3.8) is 0 Å². The van der Waals surface area contributed by atoms with E-state index < -0.39 is 0 Å². The van der Waals surface area contributed by atoms with E-state index in [1.54, 1.807) is 17.1 Å². The lowest BCUT2D eigenvalue weighted by Crippen LogP contribution is -2.37. The van der Waals surface area contributed by atoms with Gasteiger partial charge in [-0.05, 0) is 37.7 Å². The Balaban J connectivity index is 1.37. The largest absolute Gasteiger partial charge is 0.356 e. The molecule has 0 radical (unpaired) electrons. The topological polar surface area (TPSA) is 63.9 Å². The summed E-state index contributed by atoms with van der Waals surface area (Å²) < 4.78 is 1.72. The molecule has 0 amide bonds. The van der Waals surface area contributed by atoms with Gasteiger partial charge in [-0.2, -0.15) is 0 Å². The Morgan fingerprint density at radius 1 is 1.08 bits per heavy atom. The van der Waals surface area contributed by atoms with Crippen LogP contribution in [0, 0.1) is 5.92 Å². The Hall–Kier alpha value is -2.24. The quantitative estimate of drug-likeness (QED) is 0.862. The molecule has 2 aliphatic rings. The van der Waals surface area contributed by atoms with Crippen molar-refractivity contribution in [2.75, 3.05) is 18.0 Å². The molecule has 0 atom stereocenters. The monoisotopic (exact) mass is 325 g/mol. The van der Waals surface area contributed by atoms with Crippen molar-refractivity contribution in [1.82, 2.24) is 19.5 Å². The maximum atomic E-state index is 11.8. The summed E-state index contributed by atoms with van der Waals surface area (Å²) in [7, 11) is 0. The summed E-state index contributed by atoms with van der Waals surface area (Å²) >= 11 is 0. The van der Waals surface area contributed by atoms with Crippen LogP contribution in [0.2, 0.25) is 0 Å². The van der Waals surface area contributed by atoms with Gasteiger partial charge in [0.2, 0.25) is 0 Å². The third kappa shape index (κ3) is 3.18. The Morgan fingerprint density at radius 2 is 1.92 bits per heavy atom. The molecule has 6 heteroatoms. The number of aromatic nitrogens is 4. The maximum absolute atomic E-state index is 11.8. The lowest BCUT2D eigenvalue weighted by molar-refractivity contribution is 0.349. The average molecular weight is 325 g/mol. The van der Waals surface area contributed by atoms with Crippen molar-refractivity contribution in [2.24, 2.45) is 5.92 Å². The number of anilines is 1. The molecule has 3 heterocycles. The smallest absolute Gasteiger partial charge is 0.253 e. The van der Waals surface area contributed by atoms with E-state index in [0.29, 0.717) is 11.8 Å². The standard InChI is InChI=1S/C18H23N5O/c24-17-5-8-19-13-23(17)12-14-6-10-22(11-7-14)16-4-9-20-18(21-16)15-2-1-3-15/h4-5,8-9,13-15H,1-3,6-7,10-12H2. The number of hydrogen-bond acceptors (Lipinski definition) is 5. The van der Waals surface area contributed by atoms with E-state index in [1.165, 1.54) is 25.3 Å². The highest BCUT2D eigenvalue weighted by molar-refractivity contribution is 5.38. The zero-order valence-electron chi connectivity index (χ0n) is 13.8. The predicted molar refractivity (Wildman–Crippen MR) is 92.1 cm³/mol. The lowest BCUT2D eigenvalue weighted by Gasteiger charge is -2.33. The van der Waals surface area contributed by atoms with Gasteiger partial charge in [-0.1, -0.05) is 6.42 Å². The zero-order valence-corrected chi connectivity index (χ0v) is 13.8. The minimum absolute atomic E-state index is 0.0355. The molecule has 2 aromatic rings. The molecular formula is C18H23N5O. The maximum Gasteiger partial charge on any atom is 0.253 e. The Labute approximate surface area is 141 Å². The molecule has 1 saturated carbocycles. The number of piperidine rings is 1. The number of nitrogens with zero attached hydrogens (tertiary/aromatic N) is 5. The number of rotatable bonds is 4. The van der Waals surface area contributed by atoms with Gasteiger partial charge in [-0.15, -0.1) is 0 Å². The summed E-state index contributed by atoms with van der Waals surface area (Å²) in [6.45, 7) is 2.74. The molecule has 126 valence electrons. The predicted octanol–water partition coefficient (Wildman–Crippen LogP) is 2.22. The van der Waals surface area contributed by atoms with Gasteiger partial charge in [0.1, 0.15) is 11.6 Å². The summed E-state index contributed by atoms with van der Waals surface area (Å²) in [5.41, 5.74) is 0.0355. The highest BCUT2D eigenvalue weighted by atomic mass is 16.1. The lowest BCUT2D eigenvalue weighted by atomic mass is 9.85. The first-order valence-corrected chi connectivity index (χ1v) is 8.88. The van der Waals surface area contributed by atoms with E-state index >= 15 is 0 Å². The molecule has 1 aliphatic carbocycles. The minimum Gasteiger partial charge on any atom is -0.356 e. The van der Waals surface area contributed by atoms with E-state index in [4.69, 9.17) is 4.98 Å². The van der Waals surface area contributed by atoms with Crippen molar-refractivity contribution >= 4 is 5.82 Å². The van der Waals surface area contributed by atoms with E-state index in [-0.39, 0.29) is 5.56 Å². The second kappa shape index (κ2) is 6.71. The van der Waals surface area contributed by atoms with Crippen molar-refractivity contribution in [3.05, 3.63) is 47.0 Å². The van der Waals surface area contributed by atoms with Crippen LogP contribution in [-0.2, 0) is 6.54 Å². The Morgan fingerprint density at radius 3 is 2.62 bits per heavy atom. The fraction of sp³-hybridized carbons (Fsp3) is 0.556. The third-order valence-corrected chi connectivity index (χ3v) is 5.32. The second-order valence-electron chi connectivity index (χ2n) is 6.90. The average Bonchev–Trinajstić information content (AvgIpc) is 2.56. The molecule has 2 aromatic heterocycles. The van der Waals surface area contributed by atoms with Crippen LogP contribution in [-0.4, -0.2) is 32.6 Å². The van der Waals surface area contributed by atoms with Crippen LogP contribution in [0.5, 0.6) is 0 Å². The molecule has 0 N–H and O–H groups in total. The van der Waals surface area contributed by atoms with E-state index in [0.717, 1.165) is 44.1 Å². The van der Waals surface area contributed by atoms with Gasteiger partial charge >= 0.3 is 0 Å². The molecule has 0 aromatic carbocycles. The van der Waals surface area contributed by atoms with Crippen LogP contribution in [0.25, 0.3) is 0 Å². The highest BCUT2D eigenvalue weighted by Gasteiger charge is 2.24. The molecule has 24 heavy (non-hydrogen) atoms. The fourth-order valence-electron chi connectivity index (χ4n) is 3.54. The Kier molecular flexibility index (Phi) is 4.28. The molecule has 4 rings (SSSR count). The summed E-state index contributed by atoms with van der Waals surface area (Å²) in [5, 5.41) is 0. The van der Waals surface area contributed by atoms with Crippen LogP contribution < -0.4 is 10.5 Å². The van der Waals surface area contributed by atoms with Crippen LogP contribution in [0.3, 0.4) is 0 Å². The van der Waals surface area contributed by atoms with E-state index in [2.05, 4.69) is 14.9 Å². The van der Waals surface area contributed by atoms with Crippen LogP contribution in [0.4, 0.5) is 5.82 Å². The molecular weight excluding hydrogens is 302 g/mol. The first-order valence-electron chi connectivity index (χ1n) is 8.88. The molecule has 1 aliphatic heterocycles. The summed E-state index contributed by atoms with van der Waals surface area (Å²) in [6.07, 6.45) is 11.0. The normalized spacial score (nSPS) is 19.2. The number of hydrogen-bond donors (Lipinski definition) is 0.